The Morgan fingerprint density at radius 3 is 2.33 bits per heavy atom. The highest BCUT2D eigenvalue weighted by atomic mass is 31.0. The molecule has 0 bridgehead atoms. The zero-order chi connectivity index (χ0) is 6.85. The third kappa shape index (κ3) is 1.93. The summed E-state index contributed by atoms with van der Waals surface area (Å²) in [5, 5.41) is 0. The van der Waals surface area contributed by atoms with Crippen molar-refractivity contribution in [3.63, 3.8) is 0 Å². The predicted octanol–water partition coefficient (Wildman–Crippen LogP) is 2.69. The van der Waals surface area contributed by atoms with Crippen molar-refractivity contribution in [3.8, 4) is 0 Å². The molecule has 1 rings (SSSR count). The molecule has 9 heavy (non-hydrogen) atoms. The van der Waals surface area contributed by atoms with E-state index in [1.54, 1.807) is 0 Å². The van der Waals surface area contributed by atoms with Gasteiger partial charge in [0.2, 0.25) is 0 Å². The Balaban J connectivity index is 2.35. The van der Waals surface area contributed by atoms with E-state index < -0.39 is 0 Å². The van der Waals surface area contributed by atoms with Gasteiger partial charge in [-0.15, -0.1) is 9.24 Å². The molecule has 1 saturated carbocycles. The van der Waals surface area contributed by atoms with Gasteiger partial charge in [-0.3, -0.25) is 0 Å². The van der Waals surface area contributed by atoms with Crippen LogP contribution in [0.25, 0.3) is 0 Å². The predicted molar refractivity (Wildman–Crippen MR) is 45.7 cm³/mol. The topological polar surface area (TPSA) is 0 Å². The van der Waals surface area contributed by atoms with E-state index in [0.29, 0.717) is 0 Å². The lowest BCUT2D eigenvalue weighted by molar-refractivity contribution is 0.310. The Morgan fingerprint density at radius 1 is 1.22 bits per heavy atom. The molecule has 54 valence electrons. The van der Waals surface area contributed by atoms with Crippen molar-refractivity contribution >= 4 is 9.24 Å². The maximum absolute atomic E-state index is 2.96. The summed E-state index contributed by atoms with van der Waals surface area (Å²) in [7, 11) is 2.96. The molecular weight excluding hydrogens is 127 g/mol. The average molecular weight is 144 g/mol. The first-order chi connectivity index (χ1) is 4.20. The summed E-state index contributed by atoms with van der Waals surface area (Å²) in [6, 6.07) is 0. The van der Waals surface area contributed by atoms with E-state index in [2.05, 4.69) is 23.1 Å². The molecule has 0 saturated heterocycles. The van der Waals surface area contributed by atoms with Gasteiger partial charge in [0, 0.05) is 0 Å². The Kier molecular flexibility index (Phi) is 2.52. The molecule has 0 radical (unpaired) electrons. The van der Waals surface area contributed by atoms with Crippen LogP contribution < -0.4 is 0 Å². The Morgan fingerprint density at radius 2 is 1.89 bits per heavy atom. The summed E-state index contributed by atoms with van der Waals surface area (Å²) in [5.74, 6) is 1.93. The second kappa shape index (κ2) is 3.01. The van der Waals surface area contributed by atoms with Crippen LogP contribution >= 0.6 is 9.24 Å². The van der Waals surface area contributed by atoms with Crippen molar-refractivity contribution in [2.24, 2.45) is 11.8 Å². The van der Waals surface area contributed by atoms with Crippen LogP contribution in [0, 0.1) is 11.8 Å². The number of hydrogen-bond acceptors (Lipinski definition) is 0. The average Bonchev–Trinajstić information content (AvgIpc) is 1.80. The van der Waals surface area contributed by atoms with E-state index in [1.807, 2.05) is 0 Å². The van der Waals surface area contributed by atoms with Crippen molar-refractivity contribution in [2.45, 2.75) is 38.8 Å². The minimum absolute atomic E-state index is 0.904. The Labute approximate surface area is 60.6 Å². The largest absolute Gasteiger partial charge is 0.134 e. The van der Waals surface area contributed by atoms with E-state index in [0.717, 1.165) is 17.5 Å². The normalized spacial score (nSPS) is 45.0. The molecule has 0 heterocycles. The molecule has 0 amide bonds. The standard InChI is InChI=1S/C8H17P/c1-6-3-4-8(9)7(2)5-6/h6-8H,3-5,9H2,1-2H3. The molecule has 0 aromatic heterocycles. The van der Waals surface area contributed by atoms with Gasteiger partial charge in [0.05, 0.1) is 0 Å². The van der Waals surface area contributed by atoms with Crippen LogP contribution in [0.2, 0.25) is 0 Å². The van der Waals surface area contributed by atoms with Gasteiger partial charge >= 0.3 is 0 Å². The van der Waals surface area contributed by atoms with Gasteiger partial charge in [-0.25, -0.2) is 0 Å². The van der Waals surface area contributed by atoms with Gasteiger partial charge < -0.3 is 0 Å². The number of hydrogen-bond donors (Lipinski definition) is 0. The second-order valence-corrected chi connectivity index (χ2v) is 4.42. The first-order valence-electron chi connectivity index (χ1n) is 3.95. The highest BCUT2D eigenvalue weighted by molar-refractivity contribution is 7.17. The van der Waals surface area contributed by atoms with E-state index in [4.69, 9.17) is 0 Å². The van der Waals surface area contributed by atoms with Crippen LogP contribution in [0.3, 0.4) is 0 Å². The summed E-state index contributed by atoms with van der Waals surface area (Å²) in [6.45, 7) is 4.74. The summed E-state index contributed by atoms with van der Waals surface area (Å²) in [6.07, 6.45) is 4.31. The maximum atomic E-state index is 2.96. The Bertz CT molecular complexity index is 90.6. The van der Waals surface area contributed by atoms with Crippen LogP contribution in [0.4, 0.5) is 0 Å². The van der Waals surface area contributed by atoms with Crippen molar-refractivity contribution in [1.82, 2.24) is 0 Å². The van der Waals surface area contributed by atoms with Gasteiger partial charge in [0.15, 0.2) is 0 Å². The quantitative estimate of drug-likeness (QED) is 0.458. The molecule has 0 aromatic rings. The van der Waals surface area contributed by atoms with E-state index in [-0.39, 0.29) is 0 Å². The number of rotatable bonds is 0. The molecule has 0 aromatic carbocycles. The molecule has 1 aliphatic carbocycles. The van der Waals surface area contributed by atoms with E-state index in [1.165, 1.54) is 19.3 Å². The summed E-state index contributed by atoms with van der Waals surface area (Å²) >= 11 is 0. The molecule has 1 heteroatoms. The van der Waals surface area contributed by atoms with Gasteiger partial charge in [0.1, 0.15) is 0 Å². The fourth-order valence-electron chi connectivity index (χ4n) is 1.69. The van der Waals surface area contributed by atoms with Crippen LogP contribution in [0.15, 0.2) is 0 Å². The van der Waals surface area contributed by atoms with Crippen LogP contribution in [-0.2, 0) is 0 Å². The molecule has 0 spiro atoms. The van der Waals surface area contributed by atoms with E-state index in [9.17, 15) is 0 Å². The minimum atomic E-state index is 0.904. The maximum Gasteiger partial charge on any atom is -0.0238 e. The smallest absolute Gasteiger partial charge is 0.0238 e. The molecule has 0 N–H and O–H groups in total. The molecule has 0 nitrogen and oxygen atoms in total. The molecule has 1 fully saturated rings. The first-order valence-corrected chi connectivity index (χ1v) is 4.62. The van der Waals surface area contributed by atoms with Crippen molar-refractivity contribution < 1.29 is 0 Å². The van der Waals surface area contributed by atoms with Gasteiger partial charge in [-0.1, -0.05) is 20.3 Å². The zero-order valence-corrected chi connectivity index (χ0v) is 7.59. The van der Waals surface area contributed by atoms with Gasteiger partial charge in [-0.05, 0) is 30.3 Å². The molecule has 1 aliphatic rings. The van der Waals surface area contributed by atoms with Gasteiger partial charge in [0.25, 0.3) is 0 Å². The fraction of sp³-hybridized carbons (Fsp3) is 1.00. The third-order valence-electron chi connectivity index (χ3n) is 2.50. The van der Waals surface area contributed by atoms with Crippen molar-refractivity contribution in [1.29, 1.82) is 0 Å². The summed E-state index contributed by atoms with van der Waals surface area (Å²) < 4.78 is 0. The van der Waals surface area contributed by atoms with E-state index >= 15 is 0 Å². The third-order valence-corrected chi connectivity index (χ3v) is 3.49. The lowest BCUT2D eigenvalue weighted by Gasteiger charge is -2.29. The Hall–Kier alpha value is 0.430. The van der Waals surface area contributed by atoms with Crippen LogP contribution in [0.5, 0.6) is 0 Å². The zero-order valence-electron chi connectivity index (χ0n) is 6.43. The highest BCUT2D eigenvalue weighted by Crippen LogP contribution is 2.32. The lowest BCUT2D eigenvalue weighted by atomic mass is 9.83. The molecule has 4 unspecified atom stereocenters. The molecule has 0 aliphatic heterocycles. The summed E-state index contributed by atoms with van der Waals surface area (Å²) in [5.41, 5.74) is 0.904. The fourth-order valence-corrected chi connectivity index (χ4v) is 2.04. The summed E-state index contributed by atoms with van der Waals surface area (Å²) in [4.78, 5) is 0. The molecule has 4 atom stereocenters. The van der Waals surface area contributed by atoms with Crippen molar-refractivity contribution in [3.05, 3.63) is 0 Å². The SMILES string of the molecule is CC1CCC(P)C(C)C1. The van der Waals surface area contributed by atoms with Crippen LogP contribution in [-0.4, -0.2) is 5.66 Å². The monoisotopic (exact) mass is 144 g/mol. The van der Waals surface area contributed by atoms with Gasteiger partial charge in [-0.2, -0.15) is 0 Å². The second-order valence-electron chi connectivity index (χ2n) is 3.56. The highest BCUT2D eigenvalue weighted by Gasteiger charge is 2.21. The van der Waals surface area contributed by atoms with Crippen molar-refractivity contribution in [2.75, 3.05) is 0 Å². The molecular formula is C8H17P. The minimum Gasteiger partial charge on any atom is -0.134 e. The van der Waals surface area contributed by atoms with Crippen LogP contribution in [0.1, 0.15) is 33.1 Å². The first kappa shape index (κ1) is 7.54. The lowest BCUT2D eigenvalue weighted by Crippen LogP contribution is -2.20.